The standard InChI is InChI=1S/C18H27NO2/c1-12-5-7-16(9-13(12)2)19-18(20)11-15-6-8-17(21-4)10-14(15)3/h6,8,10,12-13,16H,5,7,9,11H2,1-4H3,(H,19,20). The first-order chi connectivity index (χ1) is 9.99. The second-order valence-electron chi connectivity index (χ2n) is 6.50. The number of hydrogen-bond donors (Lipinski definition) is 1. The van der Waals surface area contributed by atoms with Crippen LogP contribution in [0.15, 0.2) is 18.2 Å². The highest BCUT2D eigenvalue weighted by atomic mass is 16.5. The maximum atomic E-state index is 12.2. The van der Waals surface area contributed by atoms with E-state index in [9.17, 15) is 4.79 Å². The first-order valence-corrected chi connectivity index (χ1v) is 7.92. The number of nitrogens with one attached hydrogen (secondary N) is 1. The first-order valence-electron chi connectivity index (χ1n) is 7.92. The van der Waals surface area contributed by atoms with Crippen LogP contribution < -0.4 is 10.1 Å². The van der Waals surface area contributed by atoms with E-state index in [2.05, 4.69) is 19.2 Å². The molecule has 0 bridgehead atoms. The zero-order chi connectivity index (χ0) is 15.4. The van der Waals surface area contributed by atoms with Crippen LogP contribution in [-0.2, 0) is 11.2 Å². The Labute approximate surface area is 128 Å². The minimum Gasteiger partial charge on any atom is -0.497 e. The summed E-state index contributed by atoms with van der Waals surface area (Å²) in [5, 5.41) is 3.20. The lowest BCUT2D eigenvalue weighted by Gasteiger charge is -2.32. The van der Waals surface area contributed by atoms with E-state index < -0.39 is 0 Å². The lowest BCUT2D eigenvalue weighted by molar-refractivity contribution is -0.121. The molecule has 2 rings (SSSR count). The second-order valence-corrected chi connectivity index (χ2v) is 6.50. The van der Waals surface area contributed by atoms with Crippen LogP contribution in [0.1, 0.15) is 44.2 Å². The van der Waals surface area contributed by atoms with Crippen molar-refractivity contribution < 1.29 is 9.53 Å². The fourth-order valence-corrected chi connectivity index (χ4v) is 3.12. The molecule has 3 nitrogen and oxygen atoms in total. The van der Waals surface area contributed by atoms with Crippen LogP contribution in [0.25, 0.3) is 0 Å². The molecule has 1 aliphatic carbocycles. The average molecular weight is 289 g/mol. The Morgan fingerprint density at radius 3 is 2.67 bits per heavy atom. The molecule has 1 fully saturated rings. The number of methoxy groups -OCH3 is 1. The molecule has 3 heteroatoms. The summed E-state index contributed by atoms with van der Waals surface area (Å²) in [7, 11) is 1.66. The van der Waals surface area contributed by atoms with Gasteiger partial charge in [-0.3, -0.25) is 4.79 Å². The minimum atomic E-state index is 0.134. The smallest absolute Gasteiger partial charge is 0.224 e. The monoisotopic (exact) mass is 289 g/mol. The van der Waals surface area contributed by atoms with Crippen molar-refractivity contribution in [2.24, 2.45) is 11.8 Å². The molecule has 1 N–H and O–H groups in total. The third kappa shape index (κ3) is 4.23. The van der Waals surface area contributed by atoms with Gasteiger partial charge in [0.2, 0.25) is 5.91 Å². The largest absolute Gasteiger partial charge is 0.497 e. The van der Waals surface area contributed by atoms with E-state index in [0.29, 0.717) is 18.4 Å². The number of rotatable bonds is 4. The van der Waals surface area contributed by atoms with Crippen molar-refractivity contribution in [1.29, 1.82) is 0 Å². The molecular weight excluding hydrogens is 262 g/mol. The fourth-order valence-electron chi connectivity index (χ4n) is 3.12. The van der Waals surface area contributed by atoms with Crippen molar-refractivity contribution >= 4 is 5.91 Å². The maximum Gasteiger partial charge on any atom is 0.224 e. The number of carbonyl (C=O) groups excluding carboxylic acids is 1. The van der Waals surface area contributed by atoms with Crippen LogP contribution >= 0.6 is 0 Å². The van der Waals surface area contributed by atoms with Gasteiger partial charge in [0.1, 0.15) is 5.75 Å². The molecule has 1 amide bonds. The molecule has 1 aliphatic rings. The molecule has 0 aromatic heterocycles. The molecule has 0 aliphatic heterocycles. The molecule has 3 unspecified atom stereocenters. The van der Waals surface area contributed by atoms with Crippen LogP contribution in [0.4, 0.5) is 0 Å². The van der Waals surface area contributed by atoms with Crippen LogP contribution in [0.2, 0.25) is 0 Å². The van der Waals surface area contributed by atoms with E-state index in [1.54, 1.807) is 7.11 Å². The van der Waals surface area contributed by atoms with E-state index in [-0.39, 0.29) is 5.91 Å². The summed E-state index contributed by atoms with van der Waals surface area (Å²) in [5.74, 6) is 2.45. The summed E-state index contributed by atoms with van der Waals surface area (Å²) in [4.78, 5) is 12.2. The van der Waals surface area contributed by atoms with E-state index in [0.717, 1.165) is 35.6 Å². The van der Waals surface area contributed by atoms with Gasteiger partial charge in [-0.15, -0.1) is 0 Å². The van der Waals surface area contributed by atoms with Gasteiger partial charge in [-0.05, 0) is 61.3 Å². The predicted octanol–water partition coefficient (Wildman–Crippen LogP) is 3.49. The van der Waals surface area contributed by atoms with Crippen LogP contribution in [0.5, 0.6) is 5.75 Å². The number of ether oxygens (including phenoxy) is 1. The molecule has 116 valence electrons. The summed E-state index contributed by atoms with van der Waals surface area (Å²) >= 11 is 0. The molecular formula is C18H27NO2. The summed E-state index contributed by atoms with van der Waals surface area (Å²) in [6, 6.07) is 6.23. The van der Waals surface area contributed by atoms with Crippen molar-refractivity contribution in [3.63, 3.8) is 0 Å². The molecule has 0 heterocycles. The molecule has 21 heavy (non-hydrogen) atoms. The SMILES string of the molecule is COc1ccc(CC(=O)NC2CCC(C)C(C)C2)c(C)c1. The van der Waals surface area contributed by atoms with Crippen LogP contribution in [0.3, 0.4) is 0 Å². The quantitative estimate of drug-likeness (QED) is 0.921. The summed E-state index contributed by atoms with van der Waals surface area (Å²) in [6.45, 7) is 6.62. The van der Waals surface area contributed by atoms with Gasteiger partial charge in [-0.1, -0.05) is 19.9 Å². The summed E-state index contributed by atoms with van der Waals surface area (Å²) in [5.41, 5.74) is 2.18. The van der Waals surface area contributed by atoms with Gasteiger partial charge in [0, 0.05) is 6.04 Å². The fraction of sp³-hybridized carbons (Fsp3) is 0.611. The number of hydrogen-bond acceptors (Lipinski definition) is 2. The molecule has 1 aromatic rings. The normalized spacial score (nSPS) is 25.4. The van der Waals surface area contributed by atoms with Crippen molar-refractivity contribution in [3.05, 3.63) is 29.3 Å². The zero-order valence-electron chi connectivity index (χ0n) is 13.6. The first kappa shape index (κ1) is 15.9. The number of aryl methyl sites for hydroxylation is 1. The zero-order valence-corrected chi connectivity index (χ0v) is 13.6. The molecule has 3 atom stereocenters. The minimum absolute atomic E-state index is 0.134. The number of carbonyl (C=O) groups is 1. The van der Waals surface area contributed by atoms with Gasteiger partial charge in [-0.25, -0.2) is 0 Å². The van der Waals surface area contributed by atoms with Crippen molar-refractivity contribution in [1.82, 2.24) is 5.32 Å². The van der Waals surface area contributed by atoms with Gasteiger partial charge in [-0.2, -0.15) is 0 Å². The van der Waals surface area contributed by atoms with E-state index >= 15 is 0 Å². The Hall–Kier alpha value is -1.51. The van der Waals surface area contributed by atoms with Crippen LogP contribution in [-0.4, -0.2) is 19.1 Å². The van der Waals surface area contributed by atoms with Gasteiger partial charge < -0.3 is 10.1 Å². The van der Waals surface area contributed by atoms with Crippen LogP contribution in [0, 0.1) is 18.8 Å². The van der Waals surface area contributed by atoms with Crippen molar-refractivity contribution in [3.8, 4) is 5.75 Å². The lowest BCUT2D eigenvalue weighted by atomic mass is 9.79. The van der Waals surface area contributed by atoms with Gasteiger partial charge >= 0.3 is 0 Å². The average Bonchev–Trinajstić information content (AvgIpc) is 2.45. The third-order valence-electron chi connectivity index (χ3n) is 4.86. The highest BCUT2D eigenvalue weighted by Gasteiger charge is 2.25. The molecule has 0 saturated heterocycles. The molecule has 1 saturated carbocycles. The van der Waals surface area contributed by atoms with E-state index in [1.165, 1.54) is 6.42 Å². The lowest BCUT2D eigenvalue weighted by Crippen LogP contribution is -2.40. The van der Waals surface area contributed by atoms with Gasteiger partial charge in [0.15, 0.2) is 0 Å². The third-order valence-corrected chi connectivity index (χ3v) is 4.86. The Bertz CT molecular complexity index is 498. The molecule has 0 spiro atoms. The van der Waals surface area contributed by atoms with E-state index in [4.69, 9.17) is 4.74 Å². The van der Waals surface area contributed by atoms with Crippen molar-refractivity contribution in [2.45, 2.75) is 52.5 Å². The van der Waals surface area contributed by atoms with Gasteiger partial charge in [0.05, 0.1) is 13.5 Å². The topological polar surface area (TPSA) is 38.3 Å². The summed E-state index contributed by atoms with van der Waals surface area (Å²) in [6.07, 6.45) is 3.89. The number of benzene rings is 1. The van der Waals surface area contributed by atoms with Gasteiger partial charge in [0.25, 0.3) is 0 Å². The maximum absolute atomic E-state index is 12.2. The molecule has 0 radical (unpaired) electrons. The Morgan fingerprint density at radius 2 is 2.05 bits per heavy atom. The summed E-state index contributed by atoms with van der Waals surface area (Å²) < 4.78 is 5.20. The number of amides is 1. The highest BCUT2D eigenvalue weighted by molar-refractivity contribution is 5.79. The molecule has 1 aromatic carbocycles. The second kappa shape index (κ2) is 6.97. The van der Waals surface area contributed by atoms with E-state index in [1.807, 2.05) is 25.1 Å². The predicted molar refractivity (Wildman–Crippen MR) is 85.5 cm³/mol. The highest BCUT2D eigenvalue weighted by Crippen LogP contribution is 2.29. The Kier molecular flexibility index (Phi) is 5.27. The Morgan fingerprint density at radius 1 is 1.29 bits per heavy atom. The van der Waals surface area contributed by atoms with Crippen molar-refractivity contribution in [2.75, 3.05) is 7.11 Å². The Balaban J connectivity index is 1.90.